The summed E-state index contributed by atoms with van der Waals surface area (Å²) in [5.74, 6) is 1.32. The zero-order valence-corrected chi connectivity index (χ0v) is 19.9. The van der Waals surface area contributed by atoms with Gasteiger partial charge in [0.1, 0.15) is 6.33 Å². The summed E-state index contributed by atoms with van der Waals surface area (Å²) in [4.78, 5) is 21.1. The molecule has 0 saturated carbocycles. The van der Waals surface area contributed by atoms with Crippen LogP contribution in [0.3, 0.4) is 0 Å². The molecule has 6 rings (SSSR count). The van der Waals surface area contributed by atoms with Crippen LogP contribution in [-0.2, 0) is 18.3 Å². The molecule has 11 heteroatoms. The lowest BCUT2D eigenvalue weighted by Gasteiger charge is -2.27. The number of fused-ring (bicyclic) bond motifs is 1. The van der Waals surface area contributed by atoms with Gasteiger partial charge in [-0.15, -0.1) is 0 Å². The van der Waals surface area contributed by atoms with E-state index in [0.29, 0.717) is 37.0 Å². The summed E-state index contributed by atoms with van der Waals surface area (Å²) in [6, 6.07) is 11.8. The van der Waals surface area contributed by atoms with Gasteiger partial charge >= 0.3 is 0 Å². The minimum atomic E-state index is 0.540. The van der Waals surface area contributed by atoms with Crippen LogP contribution in [0.2, 0.25) is 0 Å². The molecular formula is C25H26N10O. The fourth-order valence-electron chi connectivity index (χ4n) is 4.22. The second-order valence-corrected chi connectivity index (χ2v) is 8.66. The summed E-state index contributed by atoms with van der Waals surface area (Å²) in [7, 11) is 1.88. The van der Waals surface area contributed by atoms with E-state index in [1.807, 2.05) is 60.4 Å². The van der Waals surface area contributed by atoms with Gasteiger partial charge in [-0.25, -0.2) is 4.98 Å². The first-order valence-corrected chi connectivity index (χ1v) is 11.8. The van der Waals surface area contributed by atoms with Crippen molar-refractivity contribution in [2.45, 2.75) is 6.54 Å². The van der Waals surface area contributed by atoms with Gasteiger partial charge in [0.2, 0.25) is 5.95 Å². The van der Waals surface area contributed by atoms with Gasteiger partial charge in [-0.3, -0.25) is 14.2 Å². The number of nitrogens with zero attached hydrogens (tertiary/aromatic N) is 8. The summed E-state index contributed by atoms with van der Waals surface area (Å²) in [6.07, 6.45) is 7.34. The van der Waals surface area contributed by atoms with Gasteiger partial charge in [-0.1, -0.05) is 18.2 Å². The normalized spacial score (nSPS) is 13.9. The van der Waals surface area contributed by atoms with E-state index in [2.05, 4.69) is 25.3 Å². The Balaban J connectivity index is 1.31. The summed E-state index contributed by atoms with van der Waals surface area (Å²) in [6.45, 7) is 3.32. The lowest BCUT2D eigenvalue weighted by Crippen LogP contribution is -2.37. The predicted molar refractivity (Wildman–Crippen MR) is 138 cm³/mol. The SMILES string of the molecule is Cn1cc(-n2cnc3c(NCc4ccc(-c5cccc(N)c5)nc4)nc(N4CCOCC4)nc32)cn1. The van der Waals surface area contributed by atoms with E-state index in [-0.39, 0.29) is 0 Å². The topological polar surface area (TPSA) is 125 Å². The van der Waals surface area contributed by atoms with E-state index in [9.17, 15) is 0 Å². The van der Waals surface area contributed by atoms with E-state index < -0.39 is 0 Å². The van der Waals surface area contributed by atoms with Crippen molar-refractivity contribution < 1.29 is 4.74 Å². The minimum Gasteiger partial charge on any atom is -0.399 e. The van der Waals surface area contributed by atoms with Crippen LogP contribution in [0.25, 0.3) is 28.1 Å². The smallest absolute Gasteiger partial charge is 0.229 e. The van der Waals surface area contributed by atoms with E-state index in [0.717, 1.165) is 46.9 Å². The lowest BCUT2D eigenvalue weighted by atomic mass is 10.1. The summed E-state index contributed by atoms with van der Waals surface area (Å²) in [5, 5.41) is 7.75. The molecule has 0 amide bonds. The predicted octanol–water partition coefficient (Wildman–Crippen LogP) is 2.64. The second-order valence-electron chi connectivity index (χ2n) is 8.66. The molecule has 1 aliphatic rings. The Kier molecular flexibility index (Phi) is 5.66. The molecular weight excluding hydrogens is 456 g/mol. The Morgan fingerprint density at radius 2 is 1.94 bits per heavy atom. The van der Waals surface area contributed by atoms with Crippen molar-refractivity contribution >= 4 is 28.6 Å². The van der Waals surface area contributed by atoms with Crippen molar-refractivity contribution in [3.8, 4) is 16.9 Å². The molecule has 0 radical (unpaired) electrons. The molecule has 3 N–H and O–H groups in total. The zero-order chi connectivity index (χ0) is 24.5. The van der Waals surface area contributed by atoms with Crippen LogP contribution >= 0.6 is 0 Å². The van der Waals surface area contributed by atoms with Crippen LogP contribution in [0.15, 0.2) is 61.3 Å². The van der Waals surface area contributed by atoms with Crippen LogP contribution in [0.1, 0.15) is 5.56 Å². The third-order valence-corrected chi connectivity index (χ3v) is 6.11. The molecule has 0 spiro atoms. The lowest BCUT2D eigenvalue weighted by molar-refractivity contribution is 0.122. The van der Waals surface area contributed by atoms with E-state index in [4.69, 9.17) is 20.4 Å². The number of anilines is 3. The van der Waals surface area contributed by atoms with Gasteiger partial charge in [0.05, 0.1) is 30.8 Å². The first-order valence-electron chi connectivity index (χ1n) is 11.8. The molecule has 5 heterocycles. The van der Waals surface area contributed by atoms with Gasteiger partial charge in [0, 0.05) is 50.3 Å². The van der Waals surface area contributed by atoms with Crippen LogP contribution in [0, 0.1) is 0 Å². The van der Waals surface area contributed by atoms with Gasteiger partial charge in [-0.2, -0.15) is 15.1 Å². The number of imidazole rings is 1. The molecule has 1 aliphatic heterocycles. The number of pyridine rings is 1. The minimum absolute atomic E-state index is 0.540. The number of morpholine rings is 1. The number of aromatic nitrogens is 7. The number of ether oxygens (including phenoxy) is 1. The molecule has 36 heavy (non-hydrogen) atoms. The Morgan fingerprint density at radius 3 is 2.69 bits per heavy atom. The van der Waals surface area contributed by atoms with Crippen LogP contribution < -0.4 is 16.0 Å². The van der Waals surface area contributed by atoms with Crippen molar-refractivity contribution in [1.29, 1.82) is 0 Å². The van der Waals surface area contributed by atoms with Gasteiger partial charge in [0.15, 0.2) is 17.0 Å². The molecule has 1 fully saturated rings. The first-order chi connectivity index (χ1) is 17.6. The highest BCUT2D eigenvalue weighted by atomic mass is 16.5. The number of nitrogens with two attached hydrogens (primary N) is 1. The van der Waals surface area contributed by atoms with Crippen molar-refractivity contribution in [3.05, 3.63) is 66.9 Å². The highest BCUT2D eigenvalue weighted by Crippen LogP contribution is 2.26. The molecule has 0 unspecified atom stereocenters. The number of hydrogen-bond donors (Lipinski definition) is 2. The number of benzene rings is 1. The maximum absolute atomic E-state index is 5.92. The molecule has 1 aromatic carbocycles. The Bertz CT molecular complexity index is 1500. The number of aryl methyl sites for hydroxylation is 1. The number of rotatable bonds is 6. The third kappa shape index (κ3) is 4.31. The molecule has 0 bridgehead atoms. The summed E-state index contributed by atoms with van der Waals surface area (Å²) < 4.78 is 9.20. The molecule has 11 nitrogen and oxygen atoms in total. The van der Waals surface area contributed by atoms with E-state index in [1.54, 1.807) is 17.2 Å². The largest absolute Gasteiger partial charge is 0.399 e. The number of nitrogen functional groups attached to an aromatic ring is 1. The average Bonchev–Trinajstić information content (AvgIpc) is 3.54. The van der Waals surface area contributed by atoms with Crippen molar-refractivity contribution in [1.82, 2.24) is 34.3 Å². The van der Waals surface area contributed by atoms with Gasteiger partial charge < -0.3 is 20.7 Å². The molecule has 0 atom stereocenters. The number of hydrogen-bond acceptors (Lipinski definition) is 9. The van der Waals surface area contributed by atoms with Crippen molar-refractivity contribution in [3.63, 3.8) is 0 Å². The van der Waals surface area contributed by atoms with Crippen LogP contribution in [0.5, 0.6) is 0 Å². The quantitative estimate of drug-likeness (QED) is 0.351. The summed E-state index contributed by atoms with van der Waals surface area (Å²) in [5.41, 5.74) is 11.8. The third-order valence-electron chi connectivity index (χ3n) is 6.11. The Labute approximate surface area is 207 Å². The highest BCUT2D eigenvalue weighted by Gasteiger charge is 2.20. The standard InChI is InChI=1S/C25H26N10O/c1-33-15-20(14-30-33)35-16-29-22-23(31-25(32-24(22)35)34-7-9-36-10-8-34)28-13-17-5-6-21(27-12-17)18-3-2-4-19(26)11-18/h2-6,11-12,14-16H,7-10,13,26H2,1H3,(H,28,31,32). The monoisotopic (exact) mass is 482 g/mol. The average molecular weight is 483 g/mol. The van der Waals surface area contributed by atoms with Crippen LogP contribution in [0.4, 0.5) is 17.5 Å². The molecule has 5 aromatic rings. The van der Waals surface area contributed by atoms with E-state index in [1.165, 1.54) is 0 Å². The fraction of sp³-hybridized carbons (Fsp3) is 0.240. The van der Waals surface area contributed by atoms with Crippen LogP contribution in [-0.4, -0.2) is 60.6 Å². The second kappa shape index (κ2) is 9.27. The highest BCUT2D eigenvalue weighted by molar-refractivity contribution is 5.85. The molecule has 0 aliphatic carbocycles. The molecule has 4 aromatic heterocycles. The van der Waals surface area contributed by atoms with Gasteiger partial charge in [-0.05, 0) is 23.8 Å². The van der Waals surface area contributed by atoms with Crippen molar-refractivity contribution in [2.75, 3.05) is 42.3 Å². The molecule has 1 saturated heterocycles. The Hall–Kier alpha value is -4.51. The van der Waals surface area contributed by atoms with E-state index >= 15 is 0 Å². The number of nitrogens with one attached hydrogen (secondary N) is 1. The first kappa shape index (κ1) is 22.0. The summed E-state index contributed by atoms with van der Waals surface area (Å²) >= 11 is 0. The zero-order valence-electron chi connectivity index (χ0n) is 19.9. The van der Waals surface area contributed by atoms with Crippen molar-refractivity contribution in [2.24, 2.45) is 7.05 Å². The van der Waals surface area contributed by atoms with Gasteiger partial charge in [0.25, 0.3) is 0 Å². The molecule has 182 valence electrons. The fourth-order valence-corrected chi connectivity index (χ4v) is 4.22. The maximum Gasteiger partial charge on any atom is 0.229 e. The maximum atomic E-state index is 5.92. The Morgan fingerprint density at radius 1 is 1.06 bits per heavy atom.